The number of hydrogen-bond donors (Lipinski definition) is 1. The lowest BCUT2D eigenvalue weighted by molar-refractivity contribution is 0.420. The third-order valence-electron chi connectivity index (χ3n) is 2.38. The highest BCUT2D eigenvalue weighted by Crippen LogP contribution is 2.29. The molecular weight excluding hydrogens is 220 g/mol. The lowest BCUT2D eigenvalue weighted by Crippen LogP contribution is -2.13. The van der Waals surface area contributed by atoms with Gasteiger partial charge in [-0.2, -0.15) is 0 Å². The Labute approximate surface area is 99.5 Å². The van der Waals surface area contributed by atoms with Gasteiger partial charge >= 0.3 is 0 Å². The number of nitrogens with zero attached hydrogens (tertiary/aromatic N) is 1. The van der Waals surface area contributed by atoms with Crippen LogP contribution in [0.1, 0.15) is 24.6 Å². The number of nitrogens with one attached hydrogen (secondary N) is 1. The van der Waals surface area contributed by atoms with Crippen molar-refractivity contribution >= 4 is 11.3 Å². The largest absolute Gasteiger partial charge is 0.355 e. The molecule has 0 saturated carbocycles. The van der Waals surface area contributed by atoms with Crippen LogP contribution in [-0.4, -0.2) is 11.7 Å². The summed E-state index contributed by atoms with van der Waals surface area (Å²) < 4.78 is 5.34. The van der Waals surface area contributed by atoms with Gasteiger partial charge in [0.1, 0.15) is 0 Å². The number of aromatic nitrogens is 1. The van der Waals surface area contributed by atoms with Crippen molar-refractivity contribution in [1.82, 2.24) is 10.5 Å². The van der Waals surface area contributed by atoms with E-state index in [1.807, 2.05) is 6.07 Å². The molecule has 3 nitrogen and oxygen atoms in total. The highest BCUT2D eigenvalue weighted by molar-refractivity contribution is 7.13. The quantitative estimate of drug-likeness (QED) is 0.810. The van der Waals surface area contributed by atoms with Crippen LogP contribution in [0.15, 0.2) is 22.0 Å². The minimum atomic E-state index is 0.780. The second-order valence-electron chi connectivity index (χ2n) is 3.79. The van der Waals surface area contributed by atoms with Crippen molar-refractivity contribution in [2.45, 2.75) is 26.8 Å². The standard InChI is InChI=1S/C12H16N2OS/c1-3-5-13-8-10-7-11(15-14-10)12-9(2)4-6-16-12/h4,6-7,13H,3,5,8H2,1-2H3. The van der Waals surface area contributed by atoms with Crippen LogP contribution in [0.4, 0.5) is 0 Å². The topological polar surface area (TPSA) is 38.1 Å². The summed E-state index contributed by atoms with van der Waals surface area (Å²) in [5.41, 5.74) is 2.21. The van der Waals surface area contributed by atoms with E-state index in [0.717, 1.165) is 31.0 Å². The van der Waals surface area contributed by atoms with Crippen LogP contribution in [0.25, 0.3) is 10.6 Å². The van der Waals surface area contributed by atoms with Gasteiger partial charge in [0.15, 0.2) is 5.76 Å². The van der Waals surface area contributed by atoms with Crippen LogP contribution < -0.4 is 5.32 Å². The second-order valence-corrected chi connectivity index (χ2v) is 4.71. The maximum Gasteiger partial charge on any atom is 0.177 e. The van der Waals surface area contributed by atoms with Gasteiger partial charge in [-0.25, -0.2) is 0 Å². The molecule has 0 unspecified atom stereocenters. The smallest absolute Gasteiger partial charge is 0.177 e. The predicted molar refractivity (Wildman–Crippen MR) is 66.6 cm³/mol. The Morgan fingerprint density at radius 3 is 3.06 bits per heavy atom. The van der Waals surface area contributed by atoms with E-state index < -0.39 is 0 Å². The van der Waals surface area contributed by atoms with Crippen molar-refractivity contribution in [3.8, 4) is 10.6 Å². The van der Waals surface area contributed by atoms with Crippen LogP contribution in [-0.2, 0) is 6.54 Å². The van der Waals surface area contributed by atoms with Crippen LogP contribution in [0, 0.1) is 6.92 Å². The summed E-state index contributed by atoms with van der Waals surface area (Å²) in [4.78, 5) is 1.18. The fraction of sp³-hybridized carbons (Fsp3) is 0.417. The normalized spacial score (nSPS) is 10.9. The van der Waals surface area contributed by atoms with E-state index in [4.69, 9.17) is 4.52 Å². The molecule has 0 aliphatic heterocycles. The molecular formula is C12H16N2OS. The molecule has 0 radical (unpaired) electrons. The number of rotatable bonds is 5. The minimum absolute atomic E-state index is 0.780. The van der Waals surface area contributed by atoms with Crippen molar-refractivity contribution in [3.63, 3.8) is 0 Å². The molecule has 2 aromatic heterocycles. The van der Waals surface area contributed by atoms with E-state index in [1.54, 1.807) is 11.3 Å². The monoisotopic (exact) mass is 236 g/mol. The lowest BCUT2D eigenvalue weighted by atomic mass is 10.2. The molecule has 2 heterocycles. The molecule has 2 aromatic rings. The van der Waals surface area contributed by atoms with Gasteiger partial charge in [-0.3, -0.25) is 0 Å². The summed E-state index contributed by atoms with van der Waals surface area (Å²) in [6, 6.07) is 4.11. The van der Waals surface area contributed by atoms with Crippen molar-refractivity contribution in [1.29, 1.82) is 0 Å². The Bertz CT molecular complexity index is 447. The predicted octanol–water partition coefficient (Wildman–Crippen LogP) is 3.21. The number of hydrogen-bond acceptors (Lipinski definition) is 4. The molecule has 0 bridgehead atoms. The molecule has 0 saturated heterocycles. The third kappa shape index (κ3) is 2.51. The zero-order valence-corrected chi connectivity index (χ0v) is 10.4. The van der Waals surface area contributed by atoms with Gasteiger partial charge in [-0.05, 0) is 36.9 Å². The van der Waals surface area contributed by atoms with Crippen molar-refractivity contribution in [2.24, 2.45) is 0 Å². The van der Waals surface area contributed by atoms with Crippen LogP contribution >= 0.6 is 11.3 Å². The SMILES string of the molecule is CCCNCc1cc(-c2sccc2C)on1. The number of thiophene rings is 1. The molecule has 0 aliphatic carbocycles. The summed E-state index contributed by atoms with van der Waals surface area (Å²) in [6.45, 7) is 6.03. The first kappa shape index (κ1) is 11.4. The van der Waals surface area contributed by atoms with E-state index in [2.05, 4.69) is 35.8 Å². The van der Waals surface area contributed by atoms with Gasteiger partial charge < -0.3 is 9.84 Å². The number of aryl methyl sites for hydroxylation is 1. The second kappa shape index (κ2) is 5.27. The van der Waals surface area contributed by atoms with Crippen molar-refractivity contribution < 1.29 is 4.52 Å². The molecule has 0 aromatic carbocycles. The molecule has 0 atom stereocenters. The summed E-state index contributed by atoms with van der Waals surface area (Å²) in [6.07, 6.45) is 1.13. The molecule has 86 valence electrons. The van der Waals surface area contributed by atoms with E-state index >= 15 is 0 Å². The maximum atomic E-state index is 5.34. The van der Waals surface area contributed by atoms with E-state index in [0.29, 0.717) is 0 Å². The van der Waals surface area contributed by atoms with Crippen LogP contribution in [0.3, 0.4) is 0 Å². The van der Waals surface area contributed by atoms with Gasteiger partial charge in [0.25, 0.3) is 0 Å². The van der Waals surface area contributed by atoms with Gasteiger partial charge in [-0.15, -0.1) is 11.3 Å². The fourth-order valence-electron chi connectivity index (χ4n) is 1.52. The summed E-state index contributed by atoms with van der Waals surface area (Å²) >= 11 is 1.69. The molecule has 1 N–H and O–H groups in total. The molecule has 4 heteroatoms. The summed E-state index contributed by atoms with van der Waals surface area (Å²) in [5, 5.41) is 9.43. The molecule has 2 rings (SSSR count). The summed E-state index contributed by atoms with van der Waals surface area (Å²) in [7, 11) is 0. The molecule has 0 amide bonds. The lowest BCUT2D eigenvalue weighted by Gasteiger charge is -1.96. The molecule has 16 heavy (non-hydrogen) atoms. The van der Waals surface area contributed by atoms with E-state index in [-0.39, 0.29) is 0 Å². The van der Waals surface area contributed by atoms with Crippen molar-refractivity contribution in [2.75, 3.05) is 6.54 Å². The average Bonchev–Trinajstić information content (AvgIpc) is 2.87. The highest BCUT2D eigenvalue weighted by atomic mass is 32.1. The third-order valence-corrected chi connectivity index (χ3v) is 3.41. The summed E-state index contributed by atoms with van der Waals surface area (Å²) in [5.74, 6) is 0.876. The Hall–Kier alpha value is -1.13. The zero-order valence-electron chi connectivity index (χ0n) is 9.62. The first-order valence-corrected chi connectivity index (χ1v) is 6.40. The average molecular weight is 236 g/mol. The minimum Gasteiger partial charge on any atom is -0.355 e. The molecule has 0 fully saturated rings. The fourth-order valence-corrected chi connectivity index (χ4v) is 2.40. The van der Waals surface area contributed by atoms with Gasteiger partial charge in [0.2, 0.25) is 0 Å². The Kier molecular flexibility index (Phi) is 3.74. The molecule has 0 aliphatic rings. The van der Waals surface area contributed by atoms with E-state index in [1.165, 1.54) is 10.4 Å². The maximum absolute atomic E-state index is 5.34. The Morgan fingerprint density at radius 1 is 1.50 bits per heavy atom. The highest BCUT2D eigenvalue weighted by Gasteiger charge is 2.09. The van der Waals surface area contributed by atoms with Crippen LogP contribution in [0.2, 0.25) is 0 Å². The first-order valence-electron chi connectivity index (χ1n) is 5.52. The van der Waals surface area contributed by atoms with Gasteiger partial charge in [-0.1, -0.05) is 12.1 Å². The first-order chi connectivity index (χ1) is 7.81. The Balaban J connectivity index is 2.05. The van der Waals surface area contributed by atoms with Gasteiger partial charge in [0, 0.05) is 12.6 Å². The van der Waals surface area contributed by atoms with Gasteiger partial charge in [0.05, 0.1) is 10.6 Å². The van der Waals surface area contributed by atoms with E-state index in [9.17, 15) is 0 Å². The van der Waals surface area contributed by atoms with Crippen molar-refractivity contribution in [3.05, 3.63) is 28.8 Å². The Morgan fingerprint density at radius 2 is 2.38 bits per heavy atom. The molecule has 0 spiro atoms. The zero-order chi connectivity index (χ0) is 11.4. The van der Waals surface area contributed by atoms with Crippen LogP contribution in [0.5, 0.6) is 0 Å².